The molecule has 0 bridgehead atoms. The Morgan fingerprint density at radius 2 is 2.09 bits per heavy atom. The molecule has 0 aliphatic heterocycles. The van der Waals surface area contributed by atoms with Crippen molar-refractivity contribution in [2.24, 2.45) is 5.92 Å². The molecule has 1 aromatic rings. The minimum Gasteiger partial charge on any atom is -0.417 e. The summed E-state index contributed by atoms with van der Waals surface area (Å²) in [6.45, 7) is -2.89. The standard InChI is InChI=1S/C13H15F4N3O2/c14-11(15)8-4-9(5-8)20-13(21)19-6-7-1-2-18-10(3-7)22-12(16)17/h1-3,8-9,11-12H,4-6H2,(H2,19,20,21)/t8-,9+. The van der Waals surface area contributed by atoms with Crippen LogP contribution >= 0.6 is 0 Å². The van der Waals surface area contributed by atoms with E-state index in [0.717, 1.165) is 0 Å². The van der Waals surface area contributed by atoms with Crippen LogP contribution in [0.2, 0.25) is 0 Å². The predicted octanol–water partition coefficient (Wildman–Crippen LogP) is 2.53. The summed E-state index contributed by atoms with van der Waals surface area (Å²) >= 11 is 0. The van der Waals surface area contributed by atoms with Crippen molar-refractivity contribution >= 4 is 6.03 Å². The van der Waals surface area contributed by atoms with Crippen molar-refractivity contribution in [1.82, 2.24) is 15.6 Å². The molecular formula is C13H15F4N3O2. The SMILES string of the molecule is O=C(NCc1ccnc(OC(F)F)c1)N[C@H]1C[C@@H](C(F)F)C1. The molecule has 1 fully saturated rings. The molecule has 0 aromatic carbocycles. The third-order valence-corrected chi connectivity index (χ3v) is 3.33. The Balaban J connectivity index is 1.72. The van der Waals surface area contributed by atoms with Gasteiger partial charge in [0.1, 0.15) is 0 Å². The van der Waals surface area contributed by atoms with Crippen LogP contribution in [0, 0.1) is 5.92 Å². The van der Waals surface area contributed by atoms with E-state index in [-0.39, 0.29) is 31.3 Å². The number of carbonyl (C=O) groups is 1. The third kappa shape index (κ3) is 4.74. The number of carbonyl (C=O) groups excluding carboxylic acids is 1. The molecule has 1 aromatic heterocycles. The van der Waals surface area contributed by atoms with E-state index in [0.29, 0.717) is 5.56 Å². The van der Waals surface area contributed by atoms with E-state index in [9.17, 15) is 22.4 Å². The van der Waals surface area contributed by atoms with Gasteiger partial charge in [0.05, 0.1) is 0 Å². The van der Waals surface area contributed by atoms with Crippen LogP contribution in [0.4, 0.5) is 22.4 Å². The number of ether oxygens (including phenoxy) is 1. The quantitative estimate of drug-likeness (QED) is 0.792. The maximum Gasteiger partial charge on any atom is 0.388 e. The van der Waals surface area contributed by atoms with Crippen LogP contribution in [0.1, 0.15) is 18.4 Å². The molecule has 0 atom stereocenters. The van der Waals surface area contributed by atoms with Gasteiger partial charge in [0.25, 0.3) is 0 Å². The van der Waals surface area contributed by atoms with Gasteiger partial charge in [-0.1, -0.05) is 0 Å². The van der Waals surface area contributed by atoms with Crippen LogP contribution < -0.4 is 15.4 Å². The Bertz CT molecular complexity index is 510. The number of hydrogen-bond donors (Lipinski definition) is 2. The largest absolute Gasteiger partial charge is 0.417 e. The van der Waals surface area contributed by atoms with E-state index in [1.165, 1.54) is 18.3 Å². The van der Waals surface area contributed by atoms with Crippen molar-refractivity contribution in [2.75, 3.05) is 0 Å². The van der Waals surface area contributed by atoms with E-state index < -0.39 is 25.0 Å². The fourth-order valence-corrected chi connectivity index (χ4v) is 2.12. The van der Waals surface area contributed by atoms with Gasteiger partial charge in [-0.05, 0) is 24.5 Å². The molecule has 0 spiro atoms. The van der Waals surface area contributed by atoms with Crippen molar-refractivity contribution in [3.8, 4) is 5.88 Å². The second-order valence-corrected chi connectivity index (χ2v) is 4.97. The Labute approximate surface area is 124 Å². The lowest BCUT2D eigenvalue weighted by atomic mass is 9.81. The van der Waals surface area contributed by atoms with E-state index in [1.807, 2.05) is 0 Å². The summed E-state index contributed by atoms with van der Waals surface area (Å²) < 4.78 is 52.8. The lowest BCUT2D eigenvalue weighted by Gasteiger charge is -2.35. The highest BCUT2D eigenvalue weighted by molar-refractivity contribution is 5.74. The number of amides is 2. The zero-order valence-corrected chi connectivity index (χ0v) is 11.4. The summed E-state index contributed by atoms with van der Waals surface area (Å²) in [5, 5.41) is 5.08. The van der Waals surface area contributed by atoms with Crippen molar-refractivity contribution in [3.05, 3.63) is 23.9 Å². The summed E-state index contributed by atoms with van der Waals surface area (Å²) in [4.78, 5) is 15.2. The summed E-state index contributed by atoms with van der Waals surface area (Å²) in [6.07, 6.45) is -0.559. The first-order valence-electron chi connectivity index (χ1n) is 6.66. The second-order valence-electron chi connectivity index (χ2n) is 4.97. The highest BCUT2D eigenvalue weighted by Gasteiger charge is 2.36. The van der Waals surface area contributed by atoms with Crippen molar-refractivity contribution in [3.63, 3.8) is 0 Å². The monoisotopic (exact) mass is 321 g/mol. The molecule has 5 nitrogen and oxygen atoms in total. The topological polar surface area (TPSA) is 63.2 Å². The molecule has 2 rings (SSSR count). The van der Waals surface area contributed by atoms with Gasteiger partial charge in [0.2, 0.25) is 12.3 Å². The number of alkyl halides is 4. The van der Waals surface area contributed by atoms with Gasteiger partial charge in [-0.3, -0.25) is 0 Å². The van der Waals surface area contributed by atoms with Crippen LogP contribution in [0.3, 0.4) is 0 Å². The van der Waals surface area contributed by atoms with Crippen LogP contribution in [0.15, 0.2) is 18.3 Å². The molecule has 122 valence electrons. The number of nitrogens with zero attached hydrogens (tertiary/aromatic N) is 1. The molecular weight excluding hydrogens is 306 g/mol. The van der Waals surface area contributed by atoms with E-state index in [4.69, 9.17) is 0 Å². The molecule has 1 heterocycles. The Hall–Kier alpha value is -2.06. The smallest absolute Gasteiger partial charge is 0.388 e. The van der Waals surface area contributed by atoms with Gasteiger partial charge < -0.3 is 15.4 Å². The molecule has 0 unspecified atom stereocenters. The first-order valence-corrected chi connectivity index (χ1v) is 6.66. The average molecular weight is 321 g/mol. The van der Waals surface area contributed by atoms with Gasteiger partial charge in [-0.25, -0.2) is 18.6 Å². The van der Waals surface area contributed by atoms with Crippen LogP contribution in [-0.2, 0) is 6.54 Å². The first-order chi connectivity index (χ1) is 10.4. The average Bonchev–Trinajstić information content (AvgIpc) is 2.39. The zero-order valence-electron chi connectivity index (χ0n) is 11.4. The number of urea groups is 1. The van der Waals surface area contributed by atoms with Crippen molar-refractivity contribution in [2.45, 2.75) is 38.5 Å². The van der Waals surface area contributed by atoms with Crippen LogP contribution in [-0.4, -0.2) is 30.1 Å². The molecule has 2 N–H and O–H groups in total. The van der Waals surface area contributed by atoms with Crippen molar-refractivity contribution < 1.29 is 27.1 Å². The first kappa shape index (κ1) is 16.3. The number of hydrogen-bond acceptors (Lipinski definition) is 3. The number of halogens is 4. The fourth-order valence-electron chi connectivity index (χ4n) is 2.12. The summed E-state index contributed by atoms with van der Waals surface area (Å²) in [5.41, 5.74) is 0.528. The molecule has 2 amide bonds. The number of nitrogens with one attached hydrogen (secondary N) is 2. The minimum atomic E-state index is -2.97. The van der Waals surface area contributed by atoms with E-state index >= 15 is 0 Å². The Kier molecular flexibility index (Phi) is 5.40. The number of aromatic nitrogens is 1. The summed E-state index contributed by atoms with van der Waals surface area (Å²) in [6, 6.07) is 2.07. The maximum atomic E-state index is 12.3. The van der Waals surface area contributed by atoms with Gasteiger partial charge in [0, 0.05) is 30.8 Å². The number of pyridine rings is 1. The molecule has 1 aliphatic carbocycles. The molecule has 1 aliphatic rings. The zero-order chi connectivity index (χ0) is 16.1. The highest BCUT2D eigenvalue weighted by Crippen LogP contribution is 2.32. The van der Waals surface area contributed by atoms with Gasteiger partial charge >= 0.3 is 12.6 Å². The Morgan fingerprint density at radius 3 is 2.73 bits per heavy atom. The van der Waals surface area contributed by atoms with Crippen LogP contribution in [0.5, 0.6) is 5.88 Å². The highest BCUT2D eigenvalue weighted by atomic mass is 19.3. The Morgan fingerprint density at radius 1 is 1.36 bits per heavy atom. The van der Waals surface area contributed by atoms with Gasteiger partial charge in [-0.2, -0.15) is 8.78 Å². The fraction of sp³-hybridized carbons (Fsp3) is 0.538. The van der Waals surface area contributed by atoms with Crippen molar-refractivity contribution in [1.29, 1.82) is 0 Å². The van der Waals surface area contributed by atoms with Crippen LogP contribution in [0.25, 0.3) is 0 Å². The number of rotatable bonds is 6. The third-order valence-electron chi connectivity index (χ3n) is 3.33. The molecule has 22 heavy (non-hydrogen) atoms. The maximum absolute atomic E-state index is 12.3. The van der Waals surface area contributed by atoms with E-state index in [2.05, 4.69) is 20.4 Å². The predicted molar refractivity (Wildman–Crippen MR) is 68.8 cm³/mol. The molecule has 0 saturated heterocycles. The minimum absolute atomic E-state index is 0.0823. The van der Waals surface area contributed by atoms with Gasteiger partial charge in [0.15, 0.2) is 0 Å². The second kappa shape index (κ2) is 7.28. The lowest BCUT2D eigenvalue weighted by molar-refractivity contribution is -0.0529. The lowest BCUT2D eigenvalue weighted by Crippen LogP contribution is -2.49. The van der Waals surface area contributed by atoms with E-state index in [1.54, 1.807) is 0 Å². The summed E-state index contributed by atoms with van der Waals surface area (Å²) in [5.74, 6) is -0.895. The van der Waals surface area contributed by atoms with Gasteiger partial charge in [-0.15, -0.1) is 0 Å². The normalized spacial score (nSPS) is 20.6. The molecule has 0 radical (unpaired) electrons. The summed E-state index contributed by atoms with van der Waals surface area (Å²) in [7, 11) is 0. The molecule has 1 saturated carbocycles. The molecule has 9 heteroatoms.